The van der Waals surface area contributed by atoms with Crippen LogP contribution < -0.4 is 5.32 Å². The van der Waals surface area contributed by atoms with Crippen LogP contribution in [0.15, 0.2) is 48.8 Å². The van der Waals surface area contributed by atoms with Gasteiger partial charge in [-0.1, -0.05) is 37.3 Å². The molecule has 3 nitrogen and oxygen atoms in total. The standard InChI is InChI=1S/C15H16N2O/c1-2-8-17-15(18)14-9-13(10-16-11-14)12-6-4-3-5-7-12/h3-7,9-11H,2,8H2,1H3,(H,17,18). The van der Waals surface area contributed by atoms with Crippen LogP contribution in [0.4, 0.5) is 0 Å². The van der Waals surface area contributed by atoms with Gasteiger partial charge >= 0.3 is 0 Å². The van der Waals surface area contributed by atoms with Crippen molar-refractivity contribution in [1.82, 2.24) is 10.3 Å². The first-order valence-electron chi connectivity index (χ1n) is 6.10. The lowest BCUT2D eigenvalue weighted by atomic mass is 10.1. The normalized spacial score (nSPS) is 10.1. The largest absolute Gasteiger partial charge is 0.352 e. The molecule has 0 fully saturated rings. The smallest absolute Gasteiger partial charge is 0.252 e. The lowest BCUT2D eigenvalue weighted by molar-refractivity contribution is 0.0953. The number of rotatable bonds is 4. The van der Waals surface area contributed by atoms with Gasteiger partial charge in [0.25, 0.3) is 5.91 Å². The number of nitrogens with zero attached hydrogens (tertiary/aromatic N) is 1. The van der Waals surface area contributed by atoms with Crippen molar-refractivity contribution in [3.63, 3.8) is 0 Å². The predicted octanol–water partition coefficient (Wildman–Crippen LogP) is 2.89. The number of nitrogens with one attached hydrogen (secondary N) is 1. The summed E-state index contributed by atoms with van der Waals surface area (Å²) in [5, 5.41) is 2.85. The van der Waals surface area contributed by atoms with E-state index in [4.69, 9.17) is 0 Å². The van der Waals surface area contributed by atoms with Gasteiger partial charge in [-0.2, -0.15) is 0 Å². The zero-order chi connectivity index (χ0) is 12.8. The van der Waals surface area contributed by atoms with Crippen LogP contribution in [-0.2, 0) is 0 Å². The molecule has 0 aliphatic carbocycles. The first kappa shape index (κ1) is 12.3. The quantitative estimate of drug-likeness (QED) is 0.892. The Bertz CT molecular complexity index is 523. The zero-order valence-electron chi connectivity index (χ0n) is 10.4. The van der Waals surface area contributed by atoms with Crippen molar-refractivity contribution >= 4 is 5.91 Å². The average Bonchev–Trinajstić information content (AvgIpc) is 2.46. The Balaban J connectivity index is 2.23. The fourth-order valence-electron chi connectivity index (χ4n) is 1.69. The summed E-state index contributed by atoms with van der Waals surface area (Å²) in [5.41, 5.74) is 2.62. The monoisotopic (exact) mass is 240 g/mol. The molecule has 1 aromatic carbocycles. The molecule has 0 spiro atoms. The van der Waals surface area contributed by atoms with Crippen LogP contribution in [0.3, 0.4) is 0 Å². The second kappa shape index (κ2) is 5.96. The summed E-state index contributed by atoms with van der Waals surface area (Å²) in [4.78, 5) is 16.0. The number of amides is 1. The molecule has 0 unspecified atom stereocenters. The Morgan fingerprint density at radius 2 is 1.94 bits per heavy atom. The fraction of sp³-hybridized carbons (Fsp3) is 0.200. The summed E-state index contributed by atoms with van der Waals surface area (Å²) in [6, 6.07) is 11.8. The summed E-state index contributed by atoms with van der Waals surface area (Å²) in [6.45, 7) is 2.72. The van der Waals surface area contributed by atoms with Gasteiger partial charge < -0.3 is 5.32 Å². The first-order chi connectivity index (χ1) is 8.81. The molecule has 92 valence electrons. The van der Waals surface area contributed by atoms with E-state index in [0.29, 0.717) is 12.1 Å². The van der Waals surface area contributed by atoms with Gasteiger partial charge in [-0.3, -0.25) is 9.78 Å². The highest BCUT2D eigenvalue weighted by atomic mass is 16.1. The van der Waals surface area contributed by atoms with E-state index in [2.05, 4.69) is 10.3 Å². The van der Waals surface area contributed by atoms with E-state index in [-0.39, 0.29) is 5.91 Å². The SMILES string of the molecule is CCCNC(=O)c1cncc(-c2ccccc2)c1. The number of aromatic nitrogens is 1. The fourth-order valence-corrected chi connectivity index (χ4v) is 1.69. The van der Waals surface area contributed by atoms with Crippen LogP contribution in [-0.4, -0.2) is 17.4 Å². The van der Waals surface area contributed by atoms with Crippen LogP contribution in [0.25, 0.3) is 11.1 Å². The van der Waals surface area contributed by atoms with E-state index in [9.17, 15) is 4.79 Å². The number of carbonyl (C=O) groups is 1. The van der Waals surface area contributed by atoms with Gasteiger partial charge in [0.2, 0.25) is 0 Å². The van der Waals surface area contributed by atoms with Crippen molar-refractivity contribution in [2.75, 3.05) is 6.54 Å². The Morgan fingerprint density at radius 3 is 2.67 bits per heavy atom. The highest BCUT2D eigenvalue weighted by Gasteiger charge is 2.06. The molecule has 1 N–H and O–H groups in total. The molecule has 0 saturated carbocycles. The highest BCUT2D eigenvalue weighted by Crippen LogP contribution is 2.18. The number of benzene rings is 1. The van der Waals surface area contributed by atoms with E-state index in [1.807, 2.05) is 43.3 Å². The summed E-state index contributed by atoms with van der Waals surface area (Å²) in [6.07, 6.45) is 4.29. The van der Waals surface area contributed by atoms with E-state index >= 15 is 0 Å². The summed E-state index contributed by atoms with van der Waals surface area (Å²) < 4.78 is 0. The number of hydrogen-bond donors (Lipinski definition) is 1. The minimum absolute atomic E-state index is 0.0675. The van der Waals surface area contributed by atoms with Gasteiger partial charge in [-0.05, 0) is 18.1 Å². The molecule has 0 saturated heterocycles. The minimum atomic E-state index is -0.0675. The Hall–Kier alpha value is -2.16. The van der Waals surface area contributed by atoms with Gasteiger partial charge in [-0.15, -0.1) is 0 Å². The molecular formula is C15H16N2O. The van der Waals surface area contributed by atoms with Crippen molar-refractivity contribution in [2.45, 2.75) is 13.3 Å². The maximum atomic E-state index is 11.8. The number of hydrogen-bond acceptors (Lipinski definition) is 2. The highest BCUT2D eigenvalue weighted by molar-refractivity contribution is 5.95. The van der Waals surface area contributed by atoms with Gasteiger partial charge in [0.1, 0.15) is 0 Å². The van der Waals surface area contributed by atoms with Gasteiger partial charge in [0.15, 0.2) is 0 Å². The molecule has 1 heterocycles. The lowest BCUT2D eigenvalue weighted by Gasteiger charge is -2.05. The molecule has 0 aliphatic heterocycles. The molecule has 1 aromatic heterocycles. The third-order valence-electron chi connectivity index (χ3n) is 2.64. The molecule has 18 heavy (non-hydrogen) atoms. The number of pyridine rings is 1. The van der Waals surface area contributed by atoms with E-state index in [1.165, 1.54) is 0 Å². The summed E-state index contributed by atoms with van der Waals surface area (Å²) in [7, 11) is 0. The Kier molecular flexibility index (Phi) is 4.07. The van der Waals surface area contributed by atoms with Crippen molar-refractivity contribution in [2.24, 2.45) is 0 Å². The number of carbonyl (C=O) groups excluding carboxylic acids is 1. The molecule has 2 aromatic rings. The van der Waals surface area contributed by atoms with Gasteiger partial charge in [0.05, 0.1) is 5.56 Å². The van der Waals surface area contributed by atoms with E-state index in [0.717, 1.165) is 17.5 Å². The van der Waals surface area contributed by atoms with Crippen LogP contribution in [0.2, 0.25) is 0 Å². The third-order valence-corrected chi connectivity index (χ3v) is 2.64. The second-order valence-electron chi connectivity index (χ2n) is 4.08. The van der Waals surface area contributed by atoms with Crippen molar-refractivity contribution in [3.8, 4) is 11.1 Å². The molecule has 2 rings (SSSR count). The van der Waals surface area contributed by atoms with Crippen molar-refractivity contribution in [1.29, 1.82) is 0 Å². The van der Waals surface area contributed by atoms with Gasteiger partial charge in [0, 0.05) is 24.5 Å². The predicted molar refractivity (Wildman–Crippen MR) is 72.3 cm³/mol. The third kappa shape index (κ3) is 2.94. The average molecular weight is 240 g/mol. The lowest BCUT2D eigenvalue weighted by Crippen LogP contribution is -2.24. The van der Waals surface area contributed by atoms with Crippen LogP contribution in [0, 0.1) is 0 Å². The van der Waals surface area contributed by atoms with E-state index in [1.54, 1.807) is 12.4 Å². The second-order valence-corrected chi connectivity index (χ2v) is 4.08. The van der Waals surface area contributed by atoms with Crippen molar-refractivity contribution < 1.29 is 4.79 Å². The molecule has 0 aliphatic rings. The Morgan fingerprint density at radius 1 is 1.17 bits per heavy atom. The topological polar surface area (TPSA) is 42.0 Å². The molecule has 0 bridgehead atoms. The molecule has 0 radical (unpaired) electrons. The maximum absolute atomic E-state index is 11.8. The Labute approximate surface area is 107 Å². The van der Waals surface area contributed by atoms with Crippen molar-refractivity contribution in [3.05, 3.63) is 54.4 Å². The summed E-state index contributed by atoms with van der Waals surface area (Å²) in [5.74, 6) is -0.0675. The molecule has 0 atom stereocenters. The van der Waals surface area contributed by atoms with Crippen LogP contribution in [0.1, 0.15) is 23.7 Å². The van der Waals surface area contributed by atoms with Crippen LogP contribution in [0.5, 0.6) is 0 Å². The van der Waals surface area contributed by atoms with Crippen LogP contribution >= 0.6 is 0 Å². The maximum Gasteiger partial charge on any atom is 0.252 e. The zero-order valence-corrected chi connectivity index (χ0v) is 10.4. The first-order valence-corrected chi connectivity index (χ1v) is 6.10. The molecule has 1 amide bonds. The molecule has 3 heteroatoms. The molecular weight excluding hydrogens is 224 g/mol. The van der Waals surface area contributed by atoms with E-state index < -0.39 is 0 Å². The summed E-state index contributed by atoms with van der Waals surface area (Å²) >= 11 is 0. The van der Waals surface area contributed by atoms with Gasteiger partial charge in [-0.25, -0.2) is 0 Å². The minimum Gasteiger partial charge on any atom is -0.352 e.